The molecule has 1 heterocycles. The van der Waals surface area contributed by atoms with Crippen molar-refractivity contribution in [1.29, 1.82) is 0 Å². The highest BCUT2D eigenvalue weighted by molar-refractivity contribution is 6.28. The lowest BCUT2D eigenvalue weighted by Gasteiger charge is -2.18. The Hall–Kier alpha value is -1.08. The van der Waals surface area contributed by atoms with Crippen LogP contribution in [0.3, 0.4) is 0 Å². The molecular formula is C9H11ClF3N3O. The highest BCUT2D eigenvalue weighted by Crippen LogP contribution is 2.29. The zero-order chi connectivity index (χ0) is 13.3. The van der Waals surface area contributed by atoms with Crippen molar-refractivity contribution in [1.82, 2.24) is 9.97 Å². The second-order valence-electron chi connectivity index (χ2n) is 4.07. The van der Waals surface area contributed by atoms with Crippen LogP contribution in [0.15, 0.2) is 6.07 Å². The normalized spacial score (nSPS) is 12.6. The molecule has 0 atom stereocenters. The molecule has 96 valence electrons. The van der Waals surface area contributed by atoms with Gasteiger partial charge in [-0.2, -0.15) is 13.2 Å². The fourth-order valence-electron chi connectivity index (χ4n) is 0.960. The van der Waals surface area contributed by atoms with Crippen LogP contribution < -0.4 is 5.32 Å². The Morgan fingerprint density at radius 2 is 1.94 bits per heavy atom. The maximum atomic E-state index is 12.4. The highest BCUT2D eigenvalue weighted by Gasteiger charge is 2.33. The third-order valence-corrected chi connectivity index (χ3v) is 1.86. The molecule has 1 aromatic rings. The smallest absolute Gasteiger partial charge is 0.389 e. The molecule has 4 nitrogen and oxygen atoms in total. The maximum absolute atomic E-state index is 12.4. The average Bonchev–Trinajstić information content (AvgIpc) is 2.11. The summed E-state index contributed by atoms with van der Waals surface area (Å²) in [5.74, 6) is -0.0838. The number of aliphatic hydroxyl groups is 1. The van der Waals surface area contributed by atoms with Gasteiger partial charge in [0, 0.05) is 12.6 Å². The van der Waals surface area contributed by atoms with E-state index in [4.69, 9.17) is 11.6 Å². The lowest BCUT2D eigenvalue weighted by Crippen LogP contribution is -2.29. The Bertz CT molecular complexity index is 403. The van der Waals surface area contributed by atoms with Gasteiger partial charge in [-0.3, -0.25) is 0 Å². The van der Waals surface area contributed by atoms with Crippen LogP contribution in [0.4, 0.5) is 19.0 Å². The van der Waals surface area contributed by atoms with Crippen molar-refractivity contribution in [3.05, 3.63) is 17.0 Å². The second-order valence-corrected chi connectivity index (χ2v) is 4.41. The fraction of sp³-hybridized carbons (Fsp3) is 0.556. The first kappa shape index (κ1) is 14.0. The van der Waals surface area contributed by atoms with Crippen LogP contribution in [0, 0.1) is 0 Å². The topological polar surface area (TPSA) is 58.0 Å². The van der Waals surface area contributed by atoms with E-state index in [2.05, 4.69) is 15.3 Å². The average molecular weight is 270 g/mol. The third-order valence-electron chi connectivity index (χ3n) is 1.69. The number of rotatable bonds is 3. The molecule has 0 aliphatic rings. The van der Waals surface area contributed by atoms with Crippen molar-refractivity contribution in [3.63, 3.8) is 0 Å². The van der Waals surface area contributed by atoms with Crippen LogP contribution >= 0.6 is 11.6 Å². The van der Waals surface area contributed by atoms with Crippen LogP contribution in [-0.4, -0.2) is 27.2 Å². The summed E-state index contributed by atoms with van der Waals surface area (Å²) in [5.41, 5.74) is -2.20. The zero-order valence-electron chi connectivity index (χ0n) is 9.14. The summed E-state index contributed by atoms with van der Waals surface area (Å²) in [6.07, 6.45) is -4.59. The van der Waals surface area contributed by atoms with Gasteiger partial charge in [-0.15, -0.1) is 0 Å². The standard InChI is InChI=1S/C9H11ClF3N3O/c1-8(2,17)4-14-6-3-5(9(11,12)13)15-7(10)16-6/h3,17H,4H2,1-2H3,(H,14,15,16). The summed E-state index contributed by atoms with van der Waals surface area (Å²) in [5, 5.41) is 11.5. The fourth-order valence-corrected chi connectivity index (χ4v) is 1.14. The van der Waals surface area contributed by atoms with Gasteiger partial charge in [0.1, 0.15) is 5.82 Å². The number of halogens is 4. The van der Waals surface area contributed by atoms with Crippen molar-refractivity contribution < 1.29 is 18.3 Å². The van der Waals surface area contributed by atoms with Gasteiger partial charge in [-0.05, 0) is 25.4 Å². The van der Waals surface area contributed by atoms with Crippen molar-refractivity contribution in [2.75, 3.05) is 11.9 Å². The van der Waals surface area contributed by atoms with Gasteiger partial charge in [-0.25, -0.2) is 9.97 Å². The molecule has 0 spiro atoms. The molecule has 0 unspecified atom stereocenters. The van der Waals surface area contributed by atoms with Crippen LogP contribution in [0.25, 0.3) is 0 Å². The van der Waals surface area contributed by atoms with Gasteiger partial charge in [0.2, 0.25) is 5.28 Å². The molecule has 0 fully saturated rings. The first-order valence-electron chi connectivity index (χ1n) is 4.66. The van der Waals surface area contributed by atoms with Crippen molar-refractivity contribution >= 4 is 17.4 Å². The minimum Gasteiger partial charge on any atom is -0.389 e. The van der Waals surface area contributed by atoms with Crippen LogP contribution in [0.1, 0.15) is 19.5 Å². The number of hydrogen-bond acceptors (Lipinski definition) is 4. The number of nitrogens with zero attached hydrogens (tertiary/aromatic N) is 2. The third kappa shape index (κ3) is 4.74. The van der Waals surface area contributed by atoms with Crippen LogP contribution in [0.5, 0.6) is 0 Å². The lowest BCUT2D eigenvalue weighted by atomic mass is 10.1. The first-order valence-corrected chi connectivity index (χ1v) is 5.04. The largest absolute Gasteiger partial charge is 0.433 e. The van der Waals surface area contributed by atoms with E-state index >= 15 is 0 Å². The number of anilines is 1. The maximum Gasteiger partial charge on any atom is 0.433 e. The molecule has 0 amide bonds. The Kier molecular flexibility index (Phi) is 3.83. The number of nitrogens with one attached hydrogen (secondary N) is 1. The second kappa shape index (κ2) is 4.66. The zero-order valence-corrected chi connectivity index (χ0v) is 9.89. The summed E-state index contributed by atoms with van der Waals surface area (Å²) in [7, 11) is 0. The Morgan fingerprint density at radius 3 is 2.41 bits per heavy atom. The molecule has 0 bridgehead atoms. The van der Waals surface area contributed by atoms with E-state index in [9.17, 15) is 18.3 Å². The molecule has 8 heteroatoms. The number of hydrogen-bond donors (Lipinski definition) is 2. The van der Waals surface area contributed by atoms with Gasteiger partial charge < -0.3 is 10.4 Å². The van der Waals surface area contributed by atoms with Crippen molar-refractivity contribution in [3.8, 4) is 0 Å². The van der Waals surface area contributed by atoms with E-state index in [0.717, 1.165) is 6.07 Å². The summed E-state index contributed by atoms with van der Waals surface area (Å²) in [6.45, 7) is 3.05. The van der Waals surface area contributed by atoms with Gasteiger partial charge in [-0.1, -0.05) is 0 Å². The predicted octanol–water partition coefficient (Wildman–Crippen LogP) is 2.33. The molecule has 0 saturated heterocycles. The molecule has 0 aliphatic heterocycles. The van der Waals surface area contributed by atoms with Crippen molar-refractivity contribution in [2.45, 2.75) is 25.6 Å². The molecule has 0 aliphatic carbocycles. The Morgan fingerprint density at radius 1 is 1.35 bits per heavy atom. The minimum atomic E-state index is -4.59. The number of aromatic nitrogens is 2. The minimum absolute atomic E-state index is 0.0393. The quantitative estimate of drug-likeness (QED) is 0.827. The molecule has 2 N–H and O–H groups in total. The molecule has 0 radical (unpaired) electrons. The van der Waals surface area contributed by atoms with Gasteiger partial charge in [0.25, 0.3) is 0 Å². The lowest BCUT2D eigenvalue weighted by molar-refractivity contribution is -0.141. The van der Waals surface area contributed by atoms with E-state index in [0.29, 0.717) is 0 Å². The SMILES string of the molecule is CC(C)(O)CNc1cc(C(F)(F)F)nc(Cl)n1. The van der Waals surface area contributed by atoms with E-state index < -0.39 is 22.8 Å². The van der Waals surface area contributed by atoms with Gasteiger partial charge >= 0.3 is 6.18 Å². The molecule has 1 rings (SSSR count). The molecule has 1 aromatic heterocycles. The Balaban J connectivity index is 2.91. The summed E-state index contributed by atoms with van der Waals surface area (Å²) >= 11 is 5.38. The monoisotopic (exact) mass is 269 g/mol. The summed E-state index contributed by atoms with van der Waals surface area (Å²) < 4.78 is 37.2. The van der Waals surface area contributed by atoms with E-state index in [1.54, 1.807) is 0 Å². The molecule has 0 saturated carbocycles. The van der Waals surface area contributed by atoms with Crippen LogP contribution in [-0.2, 0) is 6.18 Å². The van der Waals surface area contributed by atoms with Crippen LogP contribution in [0.2, 0.25) is 5.28 Å². The summed E-state index contributed by atoms with van der Waals surface area (Å²) in [6, 6.07) is 0.734. The van der Waals surface area contributed by atoms with E-state index in [-0.39, 0.29) is 12.4 Å². The molecular weight excluding hydrogens is 259 g/mol. The highest BCUT2D eigenvalue weighted by atomic mass is 35.5. The van der Waals surface area contributed by atoms with Gasteiger partial charge in [0.15, 0.2) is 5.69 Å². The first-order chi connectivity index (χ1) is 7.58. The van der Waals surface area contributed by atoms with Gasteiger partial charge in [0.05, 0.1) is 5.60 Å². The van der Waals surface area contributed by atoms with E-state index in [1.807, 2.05) is 0 Å². The Labute approximate surface area is 101 Å². The summed E-state index contributed by atoms with van der Waals surface area (Å²) in [4.78, 5) is 6.66. The number of alkyl halides is 3. The molecule has 0 aromatic carbocycles. The van der Waals surface area contributed by atoms with E-state index in [1.165, 1.54) is 13.8 Å². The molecule has 17 heavy (non-hydrogen) atoms. The predicted molar refractivity (Wildman–Crippen MR) is 56.8 cm³/mol. The van der Waals surface area contributed by atoms with Crippen molar-refractivity contribution in [2.24, 2.45) is 0 Å².